The molecule has 0 aromatic heterocycles. The van der Waals surface area contributed by atoms with Crippen molar-refractivity contribution in [2.45, 2.75) is 31.2 Å². The molecule has 0 radical (unpaired) electrons. The Kier molecular flexibility index (Phi) is 2.86. The summed E-state index contributed by atoms with van der Waals surface area (Å²) in [4.78, 5) is 12.2. The van der Waals surface area contributed by atoms with Crippen molar-refractivity contribution in [2.75, 3.05) is 13.1 Å². The molecule has 2 aliphatic rings. The summed E-state index contributed by atoms with van der Waals surface area (Å²) in [6, 6.07) is 10.4. The highest BCUT2D eigenvalue weighted by atomic mass is 16.2. The topological polar surface area (TPSA) is 41.1 Å². The third-order valence-corrected chi connectivity index (χ3v) is 4.15. The van der Waals surface area contributed by atoms with Crippen LogP contribution in [-0.2, 0) is 4.79 Å². The molecule has 96 valence electrons. The molecule has 1 aliphatic heterocycles. The number of hydrogen-bond donors (Lipinski definition) is 2. The van der Waals surface area contributed by atoms with E-state index in [9.17, 15) is 4.79 Å². The van der Waals surface area contributed by atoms with Crippen LogP contribution in [0.25, 0.3) is 0 Å². The Bertz CT molecular complexity index is 437. The monoisotopic (exact) mass is 244 g/mol. The van der Waals surface area contributed by atoms with Gasteiger partial charge in [0.25, 0.3) is 0 Å². The first-order valence-corrected chi connectivity index (χ1v) is 6.76. The molecule has 3 heteroatoms. The van der Waals surface area contributed by atoms with E-state index in [1.807, 2.05) is 18.2 Å². The molecule has 1 saturated carbocycles. The number of nitrogens with one attached hydrogen (secondary N) is 2. The van der Waals surface area contributed by atoms with Gasteiger partial charge >= 0.3 is 0 Å². The van der Waals surface area contributed by atoms with Gasteiger partial charge in [0.05, 0.1) is 5.54 Å². The van der Waals surface area contributed by atoms with E-state index in [4.69, 9.17) is 0 Å². The van der Waals surface area contributed by atoms with Gasteiger partial charge in [0, 0.05) is 12.5 Å². The van der Waals surface area contributed by atoms with Crippen molar-refractivity contribution >= 4 is 5.91 Å². The van der Waals surface area contributed by atoms with E-state index in [1.54, 1.807) is 0 Å². The molecule has 1 aliphatic carbocycles. The number of hydrogen-bond acceptors (Lipinski definition) is 2. The summed E-state index contributed by atoms with van der Waals surface area (Å²) in [7, 11) is 0. The van der Waals surface area contributed by atoms with Crippen molar-refractivity contribution in [1.82, 2.24) is 10.6 Å². The molecular formula is C15H20N2O. The fourth-order valence-electron chi connectivity index (χ4n) is 2.87. The molecule has 0 bridgehead atoms. The fraction of sp³-hybridized carbons (Fsp3) is 0.533. The maximum atomic E-state index is 12.2. The molecule has 1 amide bonds. The lowest BCUT2D eigenvalue weighted by Gasteiger charge is -2.24. The highest BCUT2D eigenvalue weighted by molar-refractivity contribution is 5.83. The zero-order valence-corrected chi connectivity index (χ0v) is 10.8. The van der Waals surface area contributed by atoms with Crippen LogP contribution >= 0.6 is 0 Å². The van der Waals surface area contributed by atoms with Crippen molar-refractivity contribution in [3.63, 3.8) is 0 Å². The minimum Gasteiger partial charge on any atom is -0.349 e. The van der Waals surface area contributed by atoms with E-state index < -0.39 is 0 Å². The molecule has 18 heavy (non-hydrogen) atoms. The smallest absolute Gasteiger partial charge is 0.224 e. The number of carbonyl (C=O) groups is 1. The minimum absolute atomic E-state index is 0.0408. The van der Waals surface area contributed by atoms with Crippen molar-refractivity contribution in [3.8, 4) is 0 Å². The first-order valence-electron chi connectivity index (χ1n) is 6.76. The lowest BCUT2D eigenvalue weighted by molar-refractivity contribution is -0.124. The second-order valence-corrected chi connectivity index (χ2v) is 5.84. The third kappa shape index (κ3) is 2.27. The number of amides is 1. The lowest BCUT2D eigenvalue weighted by Crippen LogP contribution is -2.48. The van der Waals surface area contributed by atoms with E-state index in [-0.39, 0.29) is 17.4 Å². The van der Waals surface area contributed by atoms with Gasteiger partial charge in [0.2, 0.25) is 5.91 Å². The number of benzene rings is 1. The fourth-order valence-corrected chi connectivity index (χ4v) is 2.87. The Hall–Kier alpha value is -1.35. The molecule has 0 spiro atoms. The van der Waals surface area contributed by atoms with Crippen LogP contribution in [-0.4, -0.2) is 24.5 Å². The second kappa shape index (κ2) is 4.39. The molecule has 3 unspecified atom stereocenters. The molecule has 3 atom stereocenters. The van der Waals surface area contributed by atoms with Gasteiger partial charge in [-0.25, -0.2) is 0 Å². The SMILES string of the molecule is CC1(NC(=O)C2CC2c2ccccc2)CCNC1. The molecule has 1 aromatic carbocycles. The van der Waals surface area contributed by atoms with Crippen molar-refractivity contribution in [2.24, 2.45) is 5.92 Å². The summed E-state index contributed by atoms with van der Waals surface area (Å²) >= 11 is 0. The largest absolute Gasteiger partial charge is 0.349 e. The molecule has 2 N–H and O–H groups in total. The first-order chi connectivity index (χ1) is 8.68. The maximum absolute atomic E-state index is 12.2. The van der Waals surface area contributed by atoms with Gasteiger partial charge in [0.15, 0.2) is 0 Å². The highest BCUT2D eigenvalue weighted by Gasteiger charge is 2.45. The van der Waals surface area contributed by atoms with Gasteiger partial charge in [-0.15, -0.1) is 0 Å². The highest BCUT2D eigenvalue weighted by Crippen LogP contribution is 2.47. The van der Waals surface area contributed by atoms with Crippen LogP contribution in [0.1, 0.15) is 31.2 Å². The van der Waals surface area contributed by atoms with Crippen LogP contribution in [0.5, 0.6) is 0 Å². The summed E-state index contributed by atoms with van der Waals surface area (Å²) in [6.07, 6.45) is 2.03. The molecular weight excluding hydrogens is 224 g/mol. The van der Waals surface area contributed by atoms with Crippen LogP contribution in [0, 0.1) is 5.92 Å². The zero-order valence-electron chi connectivity index (χ0n) is 10.8. The van der Waals surface area contributed by atoms with Crippen LogP contribution < -0.4 is 10.6 Å². The van der Waals surface area contributed by atoms with Crippen LogP contribution in [0.3, 0.4) is 0 Å². The zero-order chi connectivity index (χ0) is 12.6. The maximum Gasteiger partial charge on any atom is 0.224 e. The summed E-state index contributed by atoms with van der Waals surface area (Å²) in [5.41, 5.74) is 1.26. The predicted molar refractivity (Wildman–Crippen MR) is 71.3 cm³/mol. The van der Waals surface area contributed by atoms with Crippen molar-refractivity contribution in [1.29, 1.82) is 0 Å². The summed E-state index contributed by atoms with van der Waals surface area (Å²) in [6.45, 7) is 4.02. The quantitative estimate of drug-likeness (QED) is 0.849. The van der Waals surface area contributed by atoms with E-state index in [0.717, 1.165) is 25.9 Å². The van der Waals surface area contributed by atoms with Crippen molar-refractivity contribution < 1.29 is 4.79 Å². The Morgan fingerprint density at radius 2 is 2.17 bits per heavy atom. The Labute approximate surface area is 108 Å². The number of carbonyl (C=O) groups excluding carboxylic acids is 1. The Morgan fingerprint density at radius 3 is 2.83 bits per heavy atom. The summed E-state index contributed by atoms with van der Waals surface area (Å²) < 4.78 is 0. The first kappa shape index (κ1) is 11.7. The van der Waals surface area contributed by atoms with Crippen LogP contribution in [0.15, 0.2) is 30.3 Å². The average molecular weight is 244 g/mol. The molecule has 2 fully saturated rings. The van der Waals surface area contributed by atoms with Gasteiger partial charge in [-0.05, 0) is 37.8 Å². The Morgan fingerprint density at radius 1 is 1.39 bits per heavy atom. The van der Waals surface area contributed by atoms with Crippen LogP contribution in [0.2, 0.25) is 0 Å². The molecule has 1 saturated heterocycles. The van der Waals surface area contributed by atoms with Gasteiger partial charge in [-0.1, -0.05) is 30.3 Å². The lowest BCUT2D eigenvalue weighted by atomic mass is 10.0. The summed E-state index contributed by atoms with van der Waals surface area (Å²) in [5, 5.41) is 6.52. The van der Waals surface area contributed by atoms with Gasteiger partial charge in [-0.2, -0.15) is 0 Å². The standard InChI is InChI=1S/C15H20N2O/c1-15(7-8-16-10-15)17-14(18)13-9-12(13)11-5-3-2-4-6-11/h2-6,12-13,16H,7-10H2,1H3,(H,17,18). The number of rotatable bonds is 3. The van der Waals surface area contributed by atoms with E-state index in [2.05, 4.69) is 29.7 Å². The van der Waals surface area contributed by atoms with Crippen molar-refractivity contribution in [3.05, 3.63) is 35.9 Å². The molecule has 1 heterocycles. The van der Waals surface area contributed by atoms with Crippen LogP contribution in [0.4, 0.5) is 0 Å². The normalized spacial score (nSPS) is 34.3. The average Bonchev–Trinajstić information content (AvgIpc) is 3.08. The van der Waals surface area contributed by atoms with E-state index in [0.29, 0.717) is 5.92 Å². The predicted octanol–water partition coefficient (Wildman–Crippen LogP) is 1.66. The molecule has 1 aromatic rings. The second-order valence-electron chi connectivity index (χ2n) is 5.84. The van der Waals surface area contributed by atoms with E-state index >= 15 is 0 Å². The minimum atomic E-state index is -0.0408. The van der Waals surface area contributed by atoms with E-state index in [1.165, 1.54) is 5.56 Å². The van der Waals surface area contributed by atoms with Gasteiger partial charge in [0.1, 0.15) is 0 Å². The third-order valence-electron chi connectivity index (χ3n) is 4.15. The summed E-state index contributed by atoms with van der Waals surface area (Å²) in [5.74, 6) is 0.851. The molecule has 3 nitrogen and oxygen atoms in total. The molecule has 3 rings (SSSR count). The Balaban J connectivity index is 1.59. The van der Waals surface area contributed by atoms with Gasteiger partial charge in [-0.3, -0.25) is 4.79 Å². The van der Waals surface area contributed by atoms with Gasteiger partial charge < -0.3 is 10.6 Å².